The van der Waals surface area contributed by atoms with E-state index in [1.54, 1.807) is 41.4 Å². The van der Waals surface area contributed by atoms with Crippen LogP contribution in [0.5, 0.6) is 0 Å². The van der Waals surface area contributed by atoms with Gasteiger partial charge < -0.3 is 14.6 Å². The van der Waals surface area contributed by atoms with Gasteiger partial charge in [-0.2, -0.15) is 5.10 Å². The molecule has 0 unspecified atom stereocenters. The molecule has 2 amide bonds. The third kappa shape index (κ3) is 2.96. The Balaban J connectivity index is 1.59. The van der Waals surface area contributed by atoms with E-state index >= 15 is 0 Å². The van der Waals surface area contributed by atoms with Gasteiger partial charge in [-0.25, -0.2) is 0 Å². The number of carbonyl (C=O) groups excluding carboxylic acids is 2. The van der Waals surface area contributed by atoms with Crippen LogP contribution in [0, 0.1) is 5.92 Å². The second kappa shape index (κ2) is 5.43. The molecule has 2 aromatic heterocycles. The molecule has 0 radical (unpaired) electrons. The minimum Gasteiger partial charge on any atom is -0.467 e. The van der Waals surface area contributed by atoms with Gasteiger partial charge in [-0.1, -0.05) is 0 Å². The van der Waals surface area contributed by atoms with Crippen LogP contribution in [-0.2, 0) is 23.2 Å². The zero-order valence-electron chi connectivity index (χ0n) is 11.7. The van der Waals surface area contributed by atoms with Crippen molar-refractivity contribution in [2.75, 3.05) is 11.9 Å². The highest BCUT2D eigenvalue weighted by molar-refractivity contribution is 5.97. The van der Waals surface area contributed by atoms with Crippen LogP contribution >= 0.6 is 0 Å². The van der Waals surface area contributed by atoms with E-state index in [9.17, 15) is 9.59 Å². The number of furan rings is 1. The van der Waals surface area contributed by atoms with E-state index in [1.165, 1.54) is 0 Å². The maximum atomic E-state index is 12.2. The van der Waals surface area contributed by atoms with Crippen LogP contribution in [0.15, 0.2) is 35.2 Å². The van der Waals surface area contributed by atoms with Crippen molar-refractivity contribution in [3.05, 3.63) is 36.5 Å². The molecular weight excluding hydrogens is 272 g/mol. The summed E-state index contributed by atoms with van der Waals surface area (Å²) in [5.41, 5.74) is 0.638. The fourth-order valence-corrected chi connectivity index (χ4v) is 2.42. The molecule has 0 aromatic carbocycles. The number of aromatic nitrogens is 2. The van der Waals surface area contributed by atoms with Gasteiger partial charge in [0.15, 0.2) is 0 Å². The quantitative estimate of drug-likeness (QED) is 0.910. The number of nitrogens with one attached hydrogen (secondary N) is 1. The Kier molecular flexibility index (Phi) is 3.47. The van der Waals surface area contributed by atoms with Crippen molar-refractivity contribution >= 4 is 17.5 Å². The number of rotatable bonds is 4. The highest BCUT2D eigenvalue weighted by Crippen LogP contribution is 2.21. The molecular formula is C14H16N4O3. The van der Waals surface area contributed by atoms with Crippen LogP contribution in [0.4, 0.5) is 5.69 Å². The van der Waals surface area contributed by atoms with Gasteiger partial charge in [0.05, 0.1) is 30.6 Å². The molecule has 110 valence electrons. The number of carbonyl (C=O) groups is 2. The number of anilines is 1. The third-order valence-corrected chi connectivity index (χ3v) is 3.48. The second-order valence-electron chi connectivity index (χ2n) is 5.15. The molecule has 21 heavy (non-hydrogen) atoms. The van der Waals surface area contributed by atoms with Gasteiger partial charge in [0, 0.05) is 26.2 Å². The summed E-state index contributed by atoms with van der Waals surface area (Å²) in [6.45, 7) is 0.814. The number of hydrogen-bond donors (Lipinski definition) is 1. The molecule has 1 saturated heterocycles. The molecule has 7 nitrogen and oxygen atoms in total. The standard InChI is InChI=1S/C14H16N4O3/c1-17-8-11(6-15-17)16-14(20)10-5-13(19)18(7-10)9-12-3-2-4-21-12/h2-4,6,8,10H,5,7,9H2,1H3,(H,16,20)/t10-/m0/s1. The Hall–Kier alpha value is -2.57. The predicted molar refractivity (Wildman–Crippen MR) is 74.1 cm³/mol. The SMILES string of the molecule is Cn1cc(NC(=O)[C@H]2CC(=O)N(Cc3ccco3)C2)cn1. The van der Waals surface area contributed by atoms with Crippen molar-refractivity contribution < 1.29 is 14.0 Å². The summed E-state index contributed by atoms with van der Waals surface area (Å²) in [4.78, 5) is 25.8. The van der Waals surface area contributed by atoms with Gasteiger partial charge in [0.2, 0.25) is 11.8 Å². The van der Waals surface area contributed by atoms with E-state index in [0.717, 1.165) is 5.76 Å². The van der Waals surface area contributed by atoms with Crippen molar-refractivity contribution in [3.8, 4) is 0 Å². The van der Waals surface area contributed by atoms with Crippen LogP contribution in [-0.4, -0.2) is 33.0 Å². The summed E-state index contributed by atoms with van der Waals surface area (Å²) >= 11 is 0. The normalized spacial score (nSPS) is 18.2. The van der Waals surface area contributed by atoms with Crippen molar-refractivity contribution in [3.63, 3.8) is 0 Å². The average molecular weight is 288 g/mol. The first kappa shape index (κ1) is 13.4. The lowest BCUT2D eigenvalue weighted by Gasteiger charge is -2.14. The molecule has 7 heteroatoms. The predicted octanol–water partition coefficient (Wildman–Crippen LogP) is 1.00. The maximum Gasteiger partial charge on any atom is 0.229 e. The maximum absolute atomic E-state index is 12.2. The first-order chi connectivity index (χ1) is 10.1. The summed E-state index contributed by atoms with van der Waals surface area (Å²) < 4.78 is 6.84. The molecule has 0 aliphatic carbocycles. The van der Waals surface area contributed by atoms with Crippen LogP contribution in [0.25, 0.3) is 0 Å². The number of likely N-dealkylation sites (tertiary alicyclic amines) is 1. The summed E-state index contributed by atoms with van der Waals surface area (Å²) in [5.74, 6) is 0.195. The van der Waals surface area contributed by atoms with E-state index in [2.05, 4.69) is 10.4 Å². The molecule has 3 rings (SSSR count). The summed E-state index contributed by atoms with van der Waals surface area (Å²) in [6, 6.07) is 3.60. The Morgan fingerprint density at radius 2 is 2.43 bits per heavy atom. The first-order valence-corrected chi connectivity index (χ1v) is 6.71. The van der Waals surface area contributed by atoms with Crippen LogP contribution in [0.2, 0.25) is 0 Å². The number of amides is 2. The number of aryl methyl sites for hydroxylation is 1. The fourth-order valence-electron chi connectivity index (χ4n) is 2.42. The van der Waals surface area contributed by atoms with Gasteiger partial charge in [-0.3, -0.25) is 14.3 Å². The van der Waals surface area contributed by atoms with Crippen molar-refractivity contribution in [1.29, 1.82) is 0 Å². The molecule has 1 aliphatic heterocycles. The summed E-state index contributed by atoms with van der Waals surface area (Å²) in [7, 11) is 1.78. The molecule has 0 saturated carbocycles. The first-order valence-electron chi connectivity index (χ1n) is 6.71. The highest BCUT2D eigenvalue weighted by atomic mass is 16.3. The van der Waals surface area contributed by atoms with E-state index in [0.29, 0.717) is 18.8 Å². The number of nitrogens with zero attached hydrogens (tertiary/aromatic N) is 3. The van der Waals surface area contributed by atoms with E-state index < -0.39 is 0 Å². The van der Waals surface area contributed by atoms with Gasteiger partial charge >= 0.3 is 0 Å². The minimum atomic E-state index is -0.340. The lowest BCUT2D eigenvalue weighted by atomic mass is 10.1. The van der Waals surface area contributed by atoms with Crippen LogP contribution in [0.1, 0.15) is 12.2 Å². The summed E-state index contributed by atoms with van der Waals surface area (Å²) in [5, 5.41) is 6.77. The second-order valence-corrected chi connectivity index (χ2v) is 5.15. The smallest absolute Gasteiger partial charge is 0.229 e. The van der Waals surface area contributed by atoms with Crippen molar-refractivity contribution in [2.24, 2.45) is 13.0 Å². The molecule has 3 heterocycles. The van der Waals surface area contributed by atoms with Crippen molar-refractivity contribution in [2.45, 2.75) is 13.0 Å². The molecule has 1 N–H and O–H groups in total. The molecule has 0 bridgehead atoms. The molecule has 1 aliphatic rings. The zero-order valence-corrected chi connectivity index (χ0v) is 11.7. The molecule has 1 atom stereocenters. The largest absolute Gasteiger partial charge is 0.467 e. The molecule has 1 fully saturated rings. The zero-order chi connectivity index (χ0) is 14.8. The van der Waals surface area contributed by atoms with E-state index in [4.69, 9.17) is 4.42 Å². The third-order valence-electron chi connectivity index (χ3n) is 3.48. The Labute approximate surface area is 121 Å². The van der Waals surface area contributed by atoms with Gasteiger partial charge in [-0.05, 0) is 12.1 Å². The highest BCUT2D eigenvalue weighted by Gasteiger charge is 2.34. The monoisotopic (exact) mass is 288 g/mol. The van der Waals surface area contributed by atoms with Crippen LogP contribution in [0.3, 0.4) is 0 Å². The van der Waals surface area contributed by atoms with E-state index in [-0.39, 0.29) is 24.2 Å². The molecule has 2 aromatic rings. The Morgan fingerprint density at radius 3 is 3.10 bits per heavy atom. The lowest BCUT2D eigenvalue weighted by molar-refractivity contribution is -0.128. The lowest BCUT2D eigenvalue weighted by Crippen LogP contribution is -2.27. The fraction of sp³-hybridized carbons (Fsp3) is 0.357. The minimum absolute atomic E-state index is 0.0299. The van der Waals surface area contributed by atoms with Crippen molar-refractivity contribution in [1.82, 2.24) is 14.7 Å². The number of hydrogen-bond acceptors (Lipinski definition) is 4. The van der Waals surface area contributed by atoms with Gasteiger partial charge in [-0.15, -0.1) is 0 Å². The Bertz CT molecular complexity index is 647. The summed E-state index contributed by atoms with van der Waals surface area (Å²) in [6.07, 6.45) is 5.10. The van der Waals surface area contributed by atoms with Gasteiger partial charge in [0.1, 0.15) is 5.76 Å². The Morgan fingerprint density at radius 1 is 1.57 bits per heavy atom. The molecule has 0 spiro atoms. The van der Waals surface area contributed by atoms with Gasteiger partial charge in [0.25, 0.3) is 0 Å². The van der Waals surface area contributed by atoms with E-state index in [1.807, 2.05) is 6.07 Å². The average Bonchev–Trinajstić information content (AvgIpc) is 3.15. The topological polar surface area (TPSA) is 80.4 Å². The van der Waals surface area contributed by atoms with Crippen LogP contribution < -0.4 is 5.32 Å².